The number of hydrogen-bond donors (Lipinski definition) is 2. The number of alkyl halides is 3. The quantitative estimate of drug-likeness (QED) is 0.113. The Bertz CT molecular complexity index is 1690. The van der Waals surface area contributed by atoms with Crippen molar-refractivity contribution in [3.63, 3.8) is 0 Å². The molecule has 0 radical (unpaired) electrons. The van der Waals surface area contributed by atoms with Crippen LogP contribution in [0, 0.1) is 0 Å². The van der Waals surface area contributed by atoms with E-state index >= 15 is 0 Å². The molecule has 244 valence electrons. The lowest BCUT2D eigenvalue weighted by Crippen LogP contribution is -2.57. The molecule has 0 saturated carbocycles. The van der Waals surface area contributed by atoms with Crippen molar-refractivity contribution < 1.29 is 41.8 Å². The first-order chi connectivity index (χ1) is 22.5. The molecule has 11 heteroatoms. The van der Waals surface area contributed by atoms with Gasteiger partial charge in [0, 0.05) is 13.1 Å². The summed E-state index contributed by atoms with van der Waals surface area (Å²) in [5.41, 5.74) is -0.757. The Morgan fingerprint density at radius 1 is 0.681 bits per heavy atom. The van der Waals surface area contributed by atoms with Crippen LogP contribution in [-0.2, 0) is 37.1 Å². The first kappa shape index (κ1) is 34.4. The van der Waals surface area contributed by atoms with Gasteiger partial charge in [-0.25, -0.2) is 4.79 Å². The molecule has 0 aliphatic carbocycles. The normalized spacial score (nSPS) is 11.3. The van der Waals surface area contributed by atoms with E-state index in [4.69, 9.17) is 9.47 Å². The molecule has 0 fully saturated rings. The monoisotopic (exact) mass is 646 g/mol. The minimum absolute atomic E-state index is 0.154. The molecule has 0 spiro atoms. The largest absolute Gasteiger partial charge is 0.463 e. The highest BCUT2D eigenvalue weighted by atomic mass is 19.4. The van der Waals surface area contributed by atoms with Crippen LogP contribution in [0.2, 0.25) is 0 Å². The van der Waals surface area contributed by atoms with Crippen molar-refractivity contribution in [2.24, 2.45) is 0 Å². The summed E-state index contributed by atoms with van der Waals surface area (Å²) in [4.78, 5) is 52.5. The molecule has 0 aromatic heterocycles. The van der Waals surface area contributed by atoms with E-state index in [1.807, 2.05) is 0 Å². The van der Waals surface area contributed by atoms with E-state index in [1.165, 1.54) is 30.3 Å². The van der Waals surface area contributed by atoms with Crippen molar-refractivity contribution in [1.29, 1.82) is 0 Å². The molecule has 0 aliphatic heterocycles. The second-order valence-electron chi connectivity index (χ2n) is 10.5. The van der Waals surface area contributed by atoms with Crippen molar-refractivity contribution in [2.45, 2.75) is 31.9 Å². The third kappa shape index (κ3) is 8.23. The SMILES string of the molecule is CCNC(=O)C(COC(=O)Cc1ccc(OC(=O)c2ccccc2-c2ccc(C(F)(F)F)cc2)cc1)(C(=O)NCC)c1ccccc1. The zero-order valence-electron chi connectivity index (χ0n) is 25.7. The highest BCUT2D eigenvalue weighted by Gasteiger charge is 2.48. The standard InChI is InChI=1S/C36H33F3N2O6/c1-3-40-33(44)35(34(45)41-4-2,26-10-6-5-7-11-26)23-46-31(42)22-24-14-20-28(21-15-24)47-32(43)30-13-9-8-12-29(30)25-16-18-27(19-17-25)36(37,38)39/h5-21H,3-4,22-23H2,1-2H3,(H,40,44)(H,41,45). The number of carbonyl (C=O) groups is 4. The average Bonchev–Trinajstić information content (AvgIpc) is 3.06. The number of carbonyl (C=O) groups excluding carboxylic acids is 4. The molecule has 4 aromatic carbocycles. The predicted molar refractivity (Wildman–Crippen MR) is 168 cm³/mol. The van der Waals surface area contributed by atoms with Crippen LogP contribution < -0.4 is 15.4 Å². The zero-order chi connectivity index (χ0) is 34.0. The molecule has 4 rings (SSSR count). The molecule has 2 amide bonds. The molecule has 47 heavy (non-hydrogen) atoms. The van der Waals surface area contributed by atoms with Crippen LogP contribution in [0.3, 0.4) is 0 Å². The summed E-state index contributed by atoms with van der Waals surface area (Å²) < 4.78 is 50.0. The van der Waals surface area contributed by atoms with Gasteiger partial charge in [-0.05, 0) is 66.4 Å². The minimum Gasteiger partial charge on any atom is -0.463 e. The molecular formula is C36H33F3N2O6. The van der Waals surface area contributed by atoms with E-state index in [-0.39, 0.29) is 30.8 Å². The number of esters is 2. The van der Waals surface area contributed by atoms with Gasteiger partial charge in [-0.2, -0.15) is 13.2 Å². The Labute approximate surface area is 269 Å². The van der Waals surface area contributed by atoms with Crippen LogP contribution in [0.1, 0.15) is 40.9 Å². The van der Waals surface area contributed by atoms with Crippen LogP contribution >= 0.6 is 0 Å². The van der Waals surface area contributed by atoms with Crippen LogP contribution in [0.25, 0.3) is 11.1 Å². The van der Waals surface area contributed by atoms with Gasteiger partial charge in [0.25, 0.3) is 0 Å². The molecule has 4 aromatic rings. The second-order valence-corrected chi connectivity index (χ2v) is 10.5. The third-order valence-electron chi connectivity index (χ3n) is 7.32. The maximum Gasteiger partial charge on any atom is 0.416 e. The van der Waals surface area contributed by atoms with Gasteiger partial charge in [0.1, 0.15) is 12.4 Å². The summed E-state index contributed by atoms with van der Waals surface area (Å²) in [5, 5.41) is 5.36. The lowest BCUT2D eigenvalue weighted by atomic mass is 9.79. The highest BCUT2D eigenvalue weighted by Crippen LogP contribution is 2.32. The van der Waals surface area contributed by atoms with Crippen molar-refractivity contribution in [3.05, 3.63) is 125 Å². The molecule has 0 heterocycles. The van der Waals surface area contributed by atoms with E-state index in [1.54, 1.807) is 74.5 Å². The summed E-state index contributed by atoms with van der Waals surface area (Å²) in [6, 6.07) is 25.3. The number of likely N-dealkylation sites (N-methyl/N-ethyl adjacent to an activating group) is 2. The first-order valence-corrected chi connectivity index (χ1v) is 14.8. The van der Waals surface area contributed by atoms with Crippen molar-refractivity contribution in [3.8, 4) is 16.9 Å². The topological polar surface area (TPSA) is 111 Å². The molecule has 0 saturated heterocycles. The van der Waals surface area contributed by atoms with Crippen LogP contribution in [0.5, 0.6) is 5.75 Å². The summed E-state index contributed by atoms with van der Waals surface area (Å²) in [5.74, 6) is -2.44. The lowest BCUT2D eigenvalue weighted by molar-refractivity contribution is -0.150. The molecule has 0 bridgehead atoms. The van der Waals surface area contributed by atoms with Gasteiger partial charge in [-0.1, -0.05) is 72.8 Å². The summed E-state index contributed by atoms with van der Waals surface area (Å²) in [6.07, 6.45) is -4.68. The smallest absolute Gasteiger partial charge is 0.416 e. The zero-order valence-corrected chi connectivity index (χ0v) is 25.7. The summed E-state index contributed by atoms with van der Waals surface area (Å²) in [7, 11) is 0. The average molecular weight is 647 g/mol. The first-order valence-electron chi connectivity index (χ1n) is 14.8. The molecule has 0 aliphatic rings. The van der Waals surface area contributed by atoms with Gasteiger partial charge < -0.3 is 20.1 Å². The van der Waals surface area contributed by atoms with Crippen molar-refractivity contribution >= 4 is 23.8 Å². The Morgan fingerprint density at radius 3 is 1.83 bits per heavy atom. The fraction of sp³-hybridized carbons (Fsp3) is 0.222. The van der Waals surface area contributed by atoms with Gasteiger partial charge >= 0.3 is 18.1 Å². The van der Waals surface area contributed by atoms with Gasteiger partial charge in [0.15, 0.2) is 5.41 Å². The Morgan fingerprint density at radius 2 is 1.26 bits per heavy atom. The van der Waals surface area contributed by atoms with Gasteiger partial charge in [-0.15, -0.1) is 0 Å². The Kier molecular flexibility index (Phi) is 11.1. The summed E-state index contributed by atoms with van der Waals surface area (Å²) >= 11 is 0. The number of ether oxygens (including phenoxy) is 2. The maximum absolute atomic E-state index is 13.3. The number of benzene rings is 4. The lowest BCUT2D eigenvalue weighted by Gasteiger charge is -2.31. The number of nitrogens with one attached hydrogen (secondary N) is 2. The Hall–Kier alpha value is -5.45. The highest BCUT2D eigenvalue weighted by molar-refractivity contribution is 6.11. The second kappa shape index (κ2) is 15.2. The van der Waals surface area contributed by atoms with E-state index in [2.05, 4.69) is 10.6 Å². The molecule has 0 unspecified atom stereocenters. The number of halogens is 3. The molecule has 2 N–H and O–H groups in total. The fourth-order valence-corrected chi connectivity index (χ4v) is 4.92. The van der Waals surface area contributed by atoms with Gasteiger partial charge in [-0.3, -0.25) is 14.4 Å². The molecule has 8 nitrogen and oxygen atoms in total. The van der Waals surface area contributed by atoms with E-state index < -0.39 is 47.5 Å². The van der Waals surface area contributed by atoms with Gasteiger partial charge in [0.2, 0.25) is 11.8 Å². The number of rotatable bonds is 12. The van der Waals surface area contributed by atoms with Crippen LogP contribution in [0.4, 0.5) is 13.2 Å². The fourth-order valence-electron chi connectivity index (χ4n) is 4.92. The minimum atomic E-state index is -4.48. The van der Waals surface area contributed by atoms with E-state index in [0.29, 0.717) is 22.3 Å². The van der Waals surface area contributed by atoms with E-state index in [0.717, 1.165) is 12.1 Å². The number of hydrogen-bond acceptors (Lipinski definition) is 6. The predicted octanol–water partition coefficient (Wildman–Crippen LogP) is 5.89. The summed E-state index contributed by atoms with van der Waals surface area (Å²) in [6.45, 7) is 3.44. The van der Waals surface area contributed by atoms with Crippen molar-refractivity contribution in [1.82, 2.24) is 10.6 Å². The number of amides is 2. The molecular weight excluding hydrogens is 613 g/mol. The van der Waals surface area contributed by atoms with Crippen LogP contribution in [-0.4, -0.2) is 43.4 Å². The maximum atomic E-state index is 13.3. The van der Waals surface area contributed by atoms with Gasteiger partial charge in [0.05, 0.1) is 17.5 Å². The van der Waals surface area contributed by atoms with E-state index in [9.17, 15) is 32.3 Å². The van der Waals surface area contributed by atoms with Crippen LogP contribution in [0.15, 0.2) is 103 Å². The van der Waals surface area contributed by atoms with Crippen molar-refractivity contribution in [2.75, 3.05) is 19.7 Å². The molecule has 0 atom stereocenters. The Balaban J connectivity index is 1.45. The third-order valence-corrected chi connectivity index (χ3v) is 7.32.